The van der Waals surface area contributed by atoms with Crippen molar-refractivity contribution in [1.29, 1.82) is 0 Å². The Hall–Kier alpha value is -0.300. The summed E-state index contributed by atoms with van der Waals surface area (Å²) in [6, 6.07) is 0. The molecular formula is C13H25N. The van der Waals surface area contributed by atoms with E-state index in [0.29, 0.717) is 5.92 Å². The van der Waals surface area contributed by atoms with Crippen LogP contribution in [-0.2, 0) is 0 Å². The van der Waals surface area contributed by atoms with E-state index in [0.717, 1.165) is 12.5 Å². The predicted octanol–water partition coefficient (Wildman–Crippen LogP) is 3.50. The van der Waals surface area contributed by atoms with E-state index in [1.54, 1.807) is 0 Å². The molecule has 0 heterocycles. The minimum atomic E-state index is 0.704. The van der Waals surface area contributed by atoms with Crippen LogP contribution in [0.2, 0.25) is 0 Å². The van der Waals surface area contributed by atoms with E-state index in [2.05, 4.69) is 19.9 Å². The SMILES string of the molecule is CCC(C)C=C(CN)C1CCCCC1. The Labute approximate surface area is 88.8 Å². The van der Waals surface area contributed by atoms with Gasteiger partial charge in [-0.1, -0.05) is 51.2 Å². The van der Waals surface area contributed by atoms with Crippen molar-refractivity contribution < 1.29 is 0 Å². The van der Waals surface area contributed by atoms with Crippen LogP contribution in [0.5, 0.6) is 0 Å². The fourth-order valence-corrected chi connectivity index (χ4v) is 2.33. The summed E-state index contributed by atoms with van der Waals surface area (Å²) < 4.78 is 0. The molecule has 1 atom stereocenters. The summed E-state index contributed by atoms with van der Waals surface area (Å²) in [5.74, 6) is 1.51. The molecule has 1 saturated carbocycles. The highest BCUT2D eigenvalue weighted by Gasteiger charge is 2.16. The average Bonchev–Trinajstić information content (AvgIpc) is 2.26. The third kappa shape index (κ3) is 3.45. The van der Waals surface area contributed by atoms with E-state index in [4.69, 9.17) is 5.73 Å². The summed E-state index contributed by atoms with van der Waals surface area (Å²) in [5.41, 5.74) is 7.37. The van der Waals surface area contributed by atoms with Crippen molar-refractivity contribution in [2.45, 2.75) is 52.4 Å². The van der Waals surface area contributed by atoms with Gasteiger partial charge in [0.1, 0.15) is 0 Å². The highest BCUT2D eigenvalue weighted by atomic mass is 14.5. The van der Waals surface area contributed by atoms with Gasteiger partial charge in [-0.05, 0) is 24.7 Å². The molecular weight excluding hydrogens is 170 g/mol. The standard InChI is InChI=1S/C13H25N/c1-3-11(2)9-13(10-14)12-7-5-4-6-8-12/h9,11-12H,3-8,10,14H2,1-2H3. The first-order valence-corrected chi connectivity index (χ1v) is 6.18. The summed E-state index contributed by atoms with van der Waals surface area (Å²) >= 11 is 0. The first kappa shape index (κ1) is 11.8. The van der Waals surface area contributed by atoms with E-state index in [1.807, 2.05) is 0 Å². The first-order chi connectivity index (χ1) is 6.77. The molecule has 2 N–H and O–H groups in total. The van der Waals surface area contributed by atoms with Crippen LogP contribution in [0.1, 0.15) is 52.4 Å². The Morgan fingerprint density at radius 2 is 2.00 bits per heavy atom. The number of hydrogen-bond acceptors (Lipinski definition) is 1. The lowest BCUT2D eigenvalue weighted by Crippen LogP contribution is -2.17. The van der Waals surface area contributed by atoms with E-state index < -0.39 is 0 Å². The smallest absolute Gasteiger partial charge is 0.0139 e. The molecule has 1 unspecified atom stereocenters. The molecule has 1 heteroatoms. The lowest BCUT2D eigenvalue weighted by atomic mass is 9.82. The van der Waals surface area contributed by atoms with Gasteiger partial charge in [-0.15, -0.1) is 0 Å². The maximum Gasteiger partial charge on any atom is 0.0139 e. The molecule has 82 valence electrons. The third-order valence-corrected chi connectivity index (χ3v) is 3.51. The zero-order chi connectivity index (χ0) is 10.4. The van der Waals surface area contributed by atoms with Gasteiger partial charge in [0.2, 0.25) is 0 Å². The summed E-state index contributed by atoms with van der Waals surface area (Å²) in [6.45, 7) is 5.31. The van der Waals surface area contributed by atoms with E-state index in [1.165, 1.54) is 44.1 Å². The van der Waals surface area contributed by atoms with E-state index in [-0.39, 0.29) is 0 Å². The zero-order valence-electron chi connectivity index (χ0n) is 9.76. The van der Waals surface area contributed by atoms with Gasteiger partial charge in [-0.3, -0.25) is 0 Å². The lowest BCUT2D eigenvalue weighted by molar-refractivity contribution is 0.397. The highest BCUT2D eigenvalue weighted by molar-refractivity contribution is 5.10. The highest BCUT2D eigenvalue weighted by Crippen LogP contribution is 2.30. The summed E-state index contributed by atoms with van der Waals surface area (Å²) in [6.07, 6.45) is 10.6. The zero-order valence-corrected chi connectivity index (χ0v) is 9.76. The summed E-state index contributed by atoms with van der Waals surface area (Å²) in [7, 11) is 0. The van der Waals surface area contributed by atoms with Crippen LogP contribution in [-0.4, -0.2) is 6.54 Å². The Balaban J connectivity index is 2.54. The second-order valence-corrected chi connectivity index (χ2v) is 4.67. The van der Waals surface area contributed by atoms with Gasteiger partial charge in [-0.2, -0.15) is 0 Å². The molecule has 1 rings (SSSR count). The van der Waals surface area contributed by atoms with E-state index in [9.17, 15) is 0 Å². The molecule has 0 aromatic rings. The second-order valence-electron chi connectivity index (χ2n) is 4.67. The number of hydrogen-bond donors (Lipinski definition) is 1. The molecule has 0 aliphatic heterocycles. The maximum absolute atomic E-state index is 5.84. The van der Waals surface area contributed by atoms with Crippen LogP contribution in [0.25, 0.3) is 0 Å². The lowest BCUT2D eigenvalue weighted by Gasteiger charge is -2.24. The Morgan fingerprint density at radius 3 is 2.50 bits per heavy atom. The molecule has 1 aliphatic carbocycles. The Morgan fingerprint density at radius 1 is 1.36 bits per heavy atom. The van der Waals surface area contributed by atoms with Gasteiger partial charge in [0.15, 0.2) is 0 Å². The molecule has 0 radical (unpaired) electrons. The summed E-state index contributed by atoms with van der Waals surface area (Å²) in [4.78, 5) is 0. The molecule has 0 aromatic carbocycles. The van der Waals surface area contributed by atoms with Crippen molar-refractivity contribution in [1.82, 2.24) is 0 Å². The Bertz CT molecular complexity index is 178. The third-order valence-electron chi connectivity index (χ3n) is 3.51. The van der Waals surface area contributed by atoms with Crippen LogP contribution < -0.4 is 5.73 Å². The molecule has 0 aromatic heterocycles. The fourth-order valence-electron chi connectivity index (χ4n) is 2.33. The van der Waals surface area contributed by atoms with Crippen molar-refractivity contribution in [3.63, 3.8) is 0 Å². The number of rotatable bonds is 4. The van der Waals surface area contributed by atoms with Crippen molar-refractivity contribution >= 4 is 0 Å². The van der Waals surface area contributed by atoms with Gasteiger partial charge in [0.05, 0.1) is 0 Å². The normalized spacial score (nSPS) is 22.4. The first-order valence-electron chi connectivity index (χ1n) is 6.18. The average molecular weight is 195 g/mol. The van der Waals surface area contributed by atoms with Gasteiger partial charge >= 0.3 is 0 Å². The minimum Gasteiger partial charge on any atom is -0.327 e. The summed E-state index contributed by atoms with van der Waals surface area (Å²) in [5, 5.41) is 0. The molecule has 1 fully saturated rings. The second kappa shape index (κ2) is 6.23. The van der Waals surface area contributed by atoms with Crippen LogP contribution in [0, 0.1) is 11.8 Å². The molecule has 1 nitrogen and oxygen atoms in total. The van der Waals surface area contributed by atoms with Crippen molar-refractivity contribution in [2.24, 2.45) is 17.6 Å². The molecule has 0 spiro atoms. The monoisotopic (exact) mass is 195 g/mol. The molecule has 1 aliphatic rings. The van der Waals surface area contributed by atoms with Gasteiger partial charge in [0.25, 0.3) is 0 Å². The van der Waals surface area contributed by atoms with Crippen LogP contribution in [0.3, 0.4) is 0 Å². The quantitative estimate of drug-likeness (QED) is 0.683. The van der Waals surface area contributed by atoms with Crippen LogP contribution >= 0.6 is 0 Å². The topological polar surface area (TPSA) is 26.0 Å². The van der Waals surface area contributed by atoms with Crippen molar-refractivity contribution in [3.8, 4) is 0 Å². The minimum absolute atomic E-state index is 0.704. The molecule has 14 heavy (non-hydrogen) atoms. The van der Waals surface area contributed by atoms with E-state index >= 15 is 0 Å². The number of nitrogens with two attached hydrogens (primary N) is 1. The fraction of sp³-hybridized carbons (Fsp3) is 0.846. The predicted molar refractivity (Wildman–Crippen MR) is 63.2 cm³/mol. The number of allylic oxidation sites excluding steroid dienone is 1. The Kier molecular flexibility index (Phi) is 5.24. The molecule has 0 bridgehead atoms. The van der Waals surface area contributed by atoms with Gasteiger partial charge < -0.3 is 5.73 Å². The largest absolute Gasteiger partial charge is 0.327 e. The van der Waals surface area contributed by atoms with Crippen LogP contribution in [0.15, 0.2) is 11.6 Å². The molecule has 0 saturated heterocycles. The van der Waals surface area contributed by atoms with Crippen molar-refractivity contribution in [3.05, 3.63) is 11.6 Å². The maximum atomic E-state index is 5.84. The van der Waals surface area contributed by atoms with Crippen molar-refractivity contribution in [2.75, 3.05) is 6.54 Å². The van der Waals surface area contributed by atoms with Crippen LogP contribution in [0.4, 0.5) is 0 Å². The van der Waals surface area contributed by atoms with Gasteiger partial charge in [0, 0.05) is 6.54 Å². The van der Waals surface area contributed by atoms with Gasteiger partial charge in [-0.25, -0.2) is 0 Å². The molecule has 0 amide bonds.